The number of carbonyl (C=O) groups excluding carboxylic acids is 3. The Balaban J connectivity index is 2.27. The third kappa shape index (κ3) is 1.89. The number of imide groups is 1. The van der Waals surface area contributed by atoms with E-state index in [1.54, 1.807) is 0 Å². The quantitative estimate of drug-likeness (QED) is 0.730. The summed E-state index contributed by atoms with van der Waals surface area (Å²) >= 11 is 0. The van der Waals surface area contributed by atoms with Gasteiger partial charge in [0.2, 0.25) is 0 Å². The van der Waals surface area contributed by atoms with E-state index >= 15 is 0 Å². The molecule has 7 nitrogen and oxygen atoms in total. The molecule has 1 aromatic carbocycles. The molecule has 17 heavy (non-hydrogen) atoms. The summed E-state index contributed by atoms with van der Waals surface area (Å²) in [5, 5.41) is 6.24. The van der Waals surface area contributed by atoms with Crippen LogP contribution in [0.25, 0.3) is 0 Å². The van der Waals surface area contributed by atoms with Gasteiger partial charge in [0, 0.05) is 0 Å². The second-order valence-corrected chi connectivity index (χ2v) is 3.14. The standard InChI is InChI=1S/C10H7N3O4/c1-17-8(14)6-2-4-7(5-3-6)13-9(15)11-12-10(13)16/h2-5H,1H3. The van der Waals surface area contributed by atoms with Crippen LogP contribution in [0.5, 0.6) is 0 Å². The van der Waals surface area contributed by atoms with Crippen molar-refractivity contribution in [2.45, 2.75) is 0 Å². The van der Waals surface area contributed by atoms with Crippen molar-refractivity contribution in [2.75, 3.05) is 12.0 Å². The zero-order chi connectivity index (χ0) is 12.4. The number of hydrogen-bond donors (Lipinski definition) is 0. The van der Waals surface area contributed by atoms with Crippen molar-refractivity contribution in [1.29, 1.82) is 0 Å². The van der Waals surface area contributed by atoms with Crippen LogP contribution in [0.4, 0.5) is 15.3 Å². The van der Waals surface area contributed by atoms with Gasteiger partial charge < -0.3 is 4.74 Å². The van der Waals surface area contributed by atoms with E-state index in [0.717, 1.165) is 4.90 Å². The molecule has 0 saturated heterocycles. The monoisotopic (exact) mass is 233 g/mol. The van der Waals surface area contributed by atoms with Crippen molar-refractivity contribution in [1.82, 2.24) is 0 Å². The fourth-order valence-electron chi connectivity index (χ4n) is 1.34. The van der Waals surface area contributed by atoms with Crippen LogP contribution < -0.4 is 4.90 Å². The Morgan fingerprint density at radius 1 is 1.12 bits per heavy atom. The molecule has 0 N–H and O–H groups in total. The van der Waals surface area contributed by atoms with Crippen molar-refractivity contribution in [2.24, 2.45) is 10.2 Å². The van der Waals surface area contributed by atoms with Crippen LogP contribution in [-0.4, -0.2) is 25.1 Å². The molecule has 0 aliphatic carbocycles. The number of anilines is 1. The zero-order valence-electron chi connectivity index (χ0n) is 8.78. The van der Waals surface area contributed by atoms with Crippen molar-refractivity contribution in [3.05, 3.63) is 29.8 Å². The van der Waals surface area contributed by atoms with Crippen LogP contribution in [-0.2, 0) is 4.74 Å². The van der Waals surface area contributed by atoms with Gasteiger partial charge >= 0.3 is 18.0 Å². The lowest BCUT2D eigenvalue weighted by atomic mass is 10.2. The van der Waals surface area contributed by atoms with Crippen LogP contribution in [0, 0.1) is 0 Å². The Morgan fingerprint density at radius 3 is 2.12 bits per heavy atom. The third-order valence-electron chi connectivity index (χ3n) is 2.15. The molecule has 0 fully saturated rings. The lowest BCUT2D eigenvalue weighted by Gasteiger charge is -2.10. The van der Waals surface area contributed by atoms with E-state index in [1.165, 1.54) is 31.4 Å². The molecule has 0 radical (unpaired) electrons. The van der Waals surface area contributed by atoms with Gasteiger partial charge in [-0.1, -0.05) is 10.2 Å². The zero-order valence-corrected chi connectivity index (χ0v) is 8.78. The number of rotatable bonds is 2. The number of benzene rings is 1. The normalized spacial score (nSPS) is 14.3. The Morgan fingerprint density at radius 2 is 1.65 bits per heavy atom. The predicted molar refractivity (Wildman–Crippen MR) is 55.9 cm³/mol. The molecule has 4 amide bonds. The lowest BCUT2D eigenvalue weighted by molar-refractivity contribution is 0.0600. The largest absolute Gasteiger partial charge is 0.465 e. The van der Waals surface area contributed by atoms with Crippen LogP contribution in [0.15, 0.2) is 34.5 Å². The van der Waals surface area contributed by atoms with E-state index in [9.17, 15) is 14.4 Å². The highest BCUT2D eigenvalue weighted by Gasteiger charge is 2.28. The maximum Gasteiger partial charge on any atom is 0.375 e. The van der Waals surface area contributed by atoms with Gasteiger partial charge in [-0.05, 0) is 24.3 Å². The molecule has 1 aliphatic rings. The summed E-state index contributed by atoms with van der Waals surface area (Å²) in [6, 6.07) is 4.28. The SMILES string of the molecule is COC(=O)c1ccc(N2C(=O)N=NC2=O)cc1. The number of ether oxygens (including phenoxy) is 1. The molecule has 0 unspecified atom stereocenters. The summed E-state index contributed by atoms with van der Waals surface area (Å²) in [7, 11) is 1.27. The molecule has 1 aliphatic heterocycles. The smallest absolute Gasteiger partial charge is 0.375 e. The number of amides is 4. The summed E-state index contributed by atoms with van der Waals surface area (Å²) in [4.78, 5) is 34.4. The van der Waals surface area contributed by atoms with Gasteiger partial charge in [0.25, 0.3) is 0 Å². The van der Waals surface area contributed by atoms with Gasteiger partial charge in [-0.15, -0.1) is 0 Å². The number of carbonyl (C=O) groups is 3. The van der Waals surface area contributed by atoms with Crippen molar-refractivity contribution in [3.63, 3.8) is 0 Å². The van der Waals surface area contributed by atoms with Gasteiger partial charge in [0.1, 0.15) is 0 Å². The number of urea groups is 2. The molecular weight excluding hydrogens is 226 g/mol. The molecule has 86 valence electrons. The van der Waals surface area contributed by atoms with E-state index < -0.39 is 18.0 Å². The summed E-state index contributed by atoms with van der Waals surface area (Å²) in [5.74, 6) is -0.495. The van der Waals surface area contributed by atoms with Crippen LogP contribution in [0.2, 0.25) is 0 Å². The summed E-state index contributed by atoms with van der Waals surface area (Å²) in [5.41, 5.74) is 0.627. The lowest BCUT2D eigenvalue weighted by Crippen LogP contribution is -2.27. The first-order valence-electron chi connectivity index (χ1n) is 4.61. The van der Waals surface area contributed by atoms with E-state index in [0.29, 0.717) is 11.3 Å². The van der Waals surface area contributed by atoms with E-state index in [2.05, 4.69) is 15.0 Å². The fourth-order valence-corrected chi connectivity index (χ4v) is 1.34. The Hall–Kier alpha value is -2.57. The molecule has 7 heteroatoms. The summed E-state index contributed by atoms with van der Waals surface area (Å²) in [6.07, 6.45) is 0. The highest BCUT2D eigenvalue weighted by molar-refractivity contribution is 6.17. The topological polar surface area (TPSA) is 88.4 Å². The molecule has 1 heterocycles. The van der Waals surface area contributed by atoms with Crippen LogP contribution in [0.1, 0.15) is 10.4 Å². The van der Waals surface area contributed by atoms with Crippen LogP contribution >= 0.6 is 0 Å². The molecule has 0 aromatic heterocycles. The number of hydrogen-bond acceptors (Lipinski definition) is 4. The molecule has 0 spiro atoms. The molecule has 0 atom stereocenters. The van der Waals surface area contributed by atoms with Crippen molar-refractivity contribution < 1.29 is 19.1 Å². The maximum absolute atomic E-state index is 11.2. The summed E-state index contributed by atoms with van der Waals surface area (Å²) < 4.78 is 4.52. The molecular formula is C10H7N3O4. The minimum absolute atomic E-state index is 0.303. The highest BCUT2D eigenvalue weighted by Crippen LogP contribution is 2.21. The predicted octanol–water partition coefficient (Wildman–Crippen LogP) is 1.99. The Labute approximate surface area is 95.7 Å². The van der Waals surface area contributed by atoms with Gasteiger partial charge in [0.05, 0.1) is 18.4 Å². The van der Waals surface area contributed by atoms with Crippen molar-refractivity contribution >= 4 is 23.7 Å². The first-order chi connectivity index (χ1) is 8.13. The number of azo groups is 1. The second-order valence-electron chi connectivity index (χ2n) is 3.14. The van der Waals surface area contributed by atoms with Crippen molar-refractivity contribution in [3.8, 4) is 0 Å². The third-order valence-corrected chi connectivity index (χ3v) is 2.15. The minimum atomic E-state index is -0.749. The van der Waals surface area contributed by atoms with Gasteiger partial charge in [-0.25, -0.2) is 19.3 Å². The summed E-state index contributed by atoms with van der Waals surface area (Å²) in [6.45, 7) is 0. The van der Waals surface area contributed by atoms with E-state index in [1.807, 2.05) is 0 Å². The minimum Gasteiger partial charge on any atom is -0.465 e. The molecule has 0 saturated carbocycles. The van der Waals surface area contributed by atoms with Gasteiger partial charge in [0.15, 0.2) is 0 Å². The number of methoxy groups -OCH3 is 1. The Kier molecular flexibility index (Phi) is 2.65. The van der Waals surface area contributed by atoms with Gasteiger partial charge in [-0.2, -0.15) is 0 Å². The van der Waals surface area contributed by atoms with E-state index in [4.69, 9.17) is 0 Å². The first-order valence-corrected chi connectivity index (χ1v) is 4.61. The second kappa shape index (κ2) is 4.12. The fraction of sp³-hybridized carbons (Fsp3) is 0.100. The molecule has 1 aromatic rings. The average Bonchev–Trinajstić information content (AvgIpc) is 2.68. The van der Waals surface area contributed by atoms with Gasteiger partial charge in [-0.3, -0.25) is 0 Å². The number of esters is 1. The maximum atomic E-state index is 11.2. The Bertz CT molecular complexity index is 503. The molecule has 0 bridgehead atoms. The first kappa shape index (κ1) is 10.9. The van der Waals surface area contributed by atoms with Crippen LogP contribution in [0.3, 0.4) is 0 Å². The molecule has 2 rings (SSSR count). The highest BCUT2D eigenvalue weighted by atomic mass is 16.5. The number of nitrogens with zero attached hydrogens (tertiary/aromatic N) is 3. The average molecular weight is 233 g/mol. The van der Waals surface area contributed by atoms with E-state index in [-0.39, 0.29) is 0 Å².